The summed E-state index contributed by atoms with van der Waals surface area (Å²) in [6, 6.07) is 1.49. The molecule has 1 spiro atoms. The van der Waals surface area contributed by atoms with Crippen LogP contribution in [0.1, 0.15) is 47.0 Å². The molecular weight excluding hydrogens is 282 g/mol. The molecule has 0 aromatic heterocycles. The van der Waals surface area contributed by atoms with Gasteiger partial charge in [-0.2, -0.15) is 0 Å². The fourth-order valence-corrected chi connectivity index (χ4v) is 6.02. The molecular formula is C20H37N3. The van der Waals surface area contributed by atoms with Crippen molar-refractivity contribution >= 4 is 0 Å². The summed E-state index contributed by atoms with van der Waals surface area (Å²) < 4.78 is 0. The lowest BCUT2D eigenvalue weighted by Crippen LogP contribution is -2.59. The predicted molar refractivity (Wildman–Crippen MR) is 96.6 cm³/mol. The zero-order valence-electron chi connectivity index (χ0n) is 15.8. The first-order chi connectivity index (χ1) is 10.9. The highest BCUT2D eigenvalue weighted by atomic mass is 15.3. The molecule has 2 unspecified atom stereocenters. The van der Waals surface area contributed by atoms with E-state index in [-0.39, 0.29) is 0 Å². The Balaban J connectivity index is 1.23. The first-order valence-electron chi connectivity index (χ1n) is 10.1. The van der Waals surface area contributed by atoms with Gasteiger partial charge in [-0.25, -0.2) is 0 Å². The van der Waals surface area contributed by atoms with Crippen LogP contribution in [0.15, 0.2) is 0 Å². The average molecular weight is 320 g/mol. The summed E-state index contributed by atoms with van der Waals surface area (Å²) in [4.78, 5) is 8.19. The van der Waals surface area contributed by atoms with Crippen molar-refractivity contribution in [1.82, 2.24) is 14.7 Å². The summed E-state index contributed by atoms with van der Waals surface area (Å²) in [7, 11) is 0. The molecule has 1 saturated carbocycles. The number of fused-ring (bicyclic) bond motifs is 1. The molecule has 3 aliphatic heterocycles. The lowest BCUT2D eigenvalue weighted by molar-refractivity contribution is -0.0148. The van der Waals surface area contributed by atoms with Crippen LogP contribution < -0.4 is 0 Å². The third kappa shape index (κ3) is 3.09. The van der Waals surface area contributed by atoms with Gasteiger partial charge in [0.15, 0.2) is 0 Å². The van der Waals surface area contributed by atoms with E-state index in [2.05, 4.69) is 42.4 Å². The van der Waals surface area contributed by atoms with Gasteiger partial charge in [-0.3, -0.25) is 4.90 Å². The molecule has 2 atom stereocenters. The maximum Gasteiger partial charge on any atom is 0.00971 e. The second-order valence-corrected chi connectivity index (χ2v) is 9.89. The summed E-state index contributed by atoms with van der Waals surface area (Å²) in [5.74, 6) is 3.02. The minimum absolute atomic E-state index is 0.674. The van der Waals surface area contributed by atoms with E-state index in [1.807, 2.05) is 0 Å². The van der Waals surface area contributed by atoms with Crippen molar-refractivity contribution < 1.29 is 0 Å². The molecule has 3 saturated heterocycles. The van der Waals surface area contributed by atoms with Crippen molar-refractivity contribution in [1.29, 1.82) is 0 Å². The quantitative estimate of drug-likeness (QED) is 0.789. The number of hydrogen-bond acceptors (Lipinski definition) is 3. The Labute approximate surface area is 143 Å². The third-order valence-electron chi connectivity index (χ3n) is 7.45. The van der Waals surface area contributed by atoms with Gasteiger partial charge in [0.25, 0.3) is 0 Å². The highest BCUT2D eigenvalue weighted by Gasteiger charge is 2.49. The molecule has 3 nitrogen and oxygen atoms in total. The van der Waals surface area contributed by atoms with E-state index in [1.54, 1.807) is 0 Å². The van der Waals surface area contributed by atoms with Gasteiger partial charge in [0.1, 0.15) is 0 Å². The van der Waals surface area contributed by atoms with Crippen molar-refractivity contribution in [2.45, 2.75) is 59.0 Å². The Kier molecular flexibility index (Phi) is 4.26. The molecule has 4 fully saturated rings. The number of rotatable bonds is 4. The summed E-state index contributed by atoms with van der Waals surface area (Å²) in [6.45, 7) is 19.1. The fraction of sp³-hybridized carbons (Fsp3) is 1.00. The molecule has 3 heterocycles. The van der Waals surface area contributed by atoms with Gasteiger partial charge in [-0.05, 0) is 71.3 Å². The third-order valence-corrected chi connectivity index (χ3v) is 7.45. The molecule has 4 aliphatic rings. The molecule has 0 bridgehead atoms. The van der Waals surface area contributed by atoms with Crippen molar-refractivity contribution in [3.05, 3.63) is 0 Å². The highest BCUT2D eigenvalue weighted by molar-refractivity contribution is 5.03. The van der Waals surface area contributed by atoms with Gasteiger partial charge < -0.3 is 9.80 Å². The van der Waals surface area contributed by atoms with Crippen LogP contribution in [0.5, 0.6) is 0 Å². The molecule has 4 rings (SSSR count). The van der Waals surface area contributed by atoms with Gasteiger partial charge >= 0.3 is 0 Å². The van der Waals surface area contributed by atoms with E-state index in [0.717, 1.165) is 29.8 Å². The summed E-state index contributed by atoms with van der Waals surface area (Å²) in [5, 5.41) is 0. The molecule has 0 aromatic carbocycles. The monoisotopic (exact) mass is 319 g/mol. The lowest BCUT2D eigenvalue weighted by atomic mass is 9.78. The molecule has 0 radical (unpaired) electrons. The van der Waals surface area contributed by atoms with E-state index in [4.69, 9.17) is 0 Å². The maximum atomic E-state index is 2.82. The van der Waals surface area contributed by atoms with Crippen LogP contribution in [0.2, 0.25) is 0 Å². The SMILES string of the molecule is CC(C)N1CC2CC(CN3CCC4(C3)CN(C(C)C)C4)CC2C1. The lowest BCUT2D eigenvalue weighted by Gasteiger charge is -2.50. The maximum absolute atomic E-state index is 2.82. The average Bonchev–Trinajstić information content (AvgIpc) is 3.08. The molecule has 23 heavy (non-hydrogen) atoms. The molecule has 3 heteroatoms. The van der Waals surface area contributed by atoms with Crippen LogP contribution >= 0.6 is 0 Å². The van der Waals surface area contributed by atoms with Crippen molar-refractivity contribution in [2.75, 3.05) is 45.8 Å². The summed E-state index contributed by atoms with van der Waals surface area (Å²) in [5.41, 5.74) is 0.674. The van der Waals surface area contributed by atoms with E-state index in [0.29, 0.717) is 5.41 Å². The summed E-state index contributed by atoms with van der Waals surface area (Å²) in [6.07, 6.45) is 4.47. The highest BCUT2D eigenvalue weighted by Crippen LogP contribution is 2.44. The Morgan fingerprint density at radius 2 is 1.48 bits per heavy atom. The standard InChI is InChI=1S/C20H37N3/c1-15(2)22-10-18-7-17(8-19(18)11-22)9-21-6-5-20(12-21)13-23(14-20)16(3)4/h15-19H,5-14H2,1-4H3. The minimum Gasteiger partial charge on any atom is -0.302 e. The van der Waals surface area contributed by atoms with Crippen LogP contribution in [0.25, 0.3) is 0 Å². The minimum atomic E-state index is 0.674. The largest absolute Gasteiger partial charge is 0.302 e. The summed E-state index contributed by atoms with van der Waals surface area (Å²) >= 11 is 0. The topological polar surface area (TPSA) is 9.72 Å². The second-order valence-electron chi connectivity index (χ2n) is 9.89. The van der Waals surface area contributed by atoms with Crippen LogP contribution in [0, 0.1) is 23.2 Å². The van der Waals surface area contributed by atoms with Crippen LogP contribution in [0.4, 0.5) is 0 Å². The Hall–Kier alpha value is -0.120. The van der Waals surface area contributed by atoms with Crippen LogP contribution in [-0.4, -0.2) is 72.6 Å². The first kappa shape index (κ1) is 16.4. The van der Waals surface area contributed by atoms with Gasteiger partial charge in [-0.1, -0.05) is 0 Å². The molecule has 0 N–H and O–H groups in total. The molecule has 0 aromatic rings. The normalized spacial score (nSPS) is 38.1. The molecule has 1 aliphatic carbocycles. The van der Waals surface area contributed by atoms with Crippen LogP contribution in [-0.2, 0) is 0 Å². The number of likely N-dealkylation sites (tertiary alicyclic amines) is 3. The van der Waals surface area contributed by atoms with Crippen LogP contribution in [0.3, 0.4) is 0 Å². The van der Waals surface area contributed by atoms with E-state index >= 15 is 0 Å². The van der Waals surface area contributed by atoms with Crippen molar-refractivity contribution in [3.8, 4) is 0 Å². The molecule has 0 amide bonds. The van der Waals surface area contributed by atoms with Gasteiger partial charge in [-0.15, -0.1) is 0 Å². The predicted octanol–water partition coefficient (Wildman–Crippen LogP) is 2.77. The van der Waals surface area contributed by atoms with Crippen molar-refractivity contribution in [3.63, 3.8) is 0 Å². The van der Waals surface area contributed by atoms with Crippen molar-refractivity contribution in [2.24, 2.45) is 23.2 Å². The van der Waals surface area contributed by atoms with Gasteiger partial charge in [0.05, 0.1) is 0 Å². The van der Waals surface area contributed by atoms with E-state index < -0.39 is 0 Å². The number of hydrogen-bond donors (Lipinski definition) is 0. The Morgan fingerprint density at radius 3 is 2.04 bits per heavy atom. The smallest absolute Gasteiger partial charge is 0.00971 e. The second kappa shape index (κ2) is 6.00. The number of nitrogens with zero attached hydrogens (tertiary/aromatic N) is 3. The Morgan fingerprint density at radius 1 is 0.870 bits per heavy atom. The fourth-order valence-electron chi connectivity index (χ4n) is 6.02. The van der Waals surface area contributed by atoms with E-state index in [9.17, 15) is 0 Å². The zero-order valence-corrected chi connectivity index (χ0v) is 15.8. The first-order valence-corrected chi connectivity index (χ1v) is 10.1. The Bertz CT molecular complexity index is 413. The van der Waals surface area contributed by atoms with Gasteiger partial charge in [0, 0.05) is 56.8 Å². The van der Waals surface area contributed by atoms with Gasteiger partial charge in [0.2, 0.25) is 0 Å². The van der Waals surface area contributed by atoms with E-state index in [1.165, 1.54) is 65.1 Å². The molecule has 132 valence electrons. The zero-order chi connectivity index (χ0) is 16.2.